The molecule has 0 aliphatic carbocycles. The molecule has 166 valence electrons. The minimum absolute atomic E-state index is 0. The fourth-order valence-electron chi connectivity index (χ4n) is 2.31. The van der Waals surface area contributed by atoms with E-state index in [4.69, 9.17) is 9.47 Å². The van der Waals surface area contributed by atoms with Crippen molar-refractivity contribution in [1.29, 1.82) is 0 Å². The molecule has 0 heterocycles. The van der Waals surface area contributed by atoms with Crippen molar-refractivity contribution in [3.8, 4) is 0 Å². The molecule has 8 heteroatoms. The van der Waals surface area contributed by atoms with Gasteiger partial charge in [-0.3, -0.25) is 4.79 Å². The number of halogens is 1. The topological polar surface area (TPSA) is 84.0 Å². The number of benzene rings is 1. The zero-order chi connectivity index (χ0) is 20.6. The Hall–Kier alpha value is -1.39. The number of carbonyl (C=O) groups excluding carboxylic acids is 1. The summed E-state index contributed by atoms with van der Waals surface area (Å²) < 4.78 is 10.4. The fraction of sp³-hybridized carbons (Fsp3) is 0.619. The Labute approximate surface area is 192 Å². The number of nitrogens with zero attached hydrogens (tertiary/aromatic N) is 1. The highest BCUT2D eigenvalue weighted by molar-refractivity contribution is 14.0. The van der Waals surface area contributed by atoms with Crippen LogP contribution in [0.1, 0.15) is 49.5 Å². The van der Waals surface area contributed by atoms with Gasteiger partial charge in [0.2, 0.25) is 0 Å². The van der Waals surface area contributed by atoms with E-state index in [2.05, 4.69) is 27.9 Å². The smallest absolute Gasteiger partial charge is 0.251 e. The van der Waals surface area contributed by atoms with Gasteiger partial charge in [0, 0.05) is 38.4 Å². The van der Waals surface area contributed by atoms with Gasteiger partial charge in [0.05, 0.1) is 19.8 Å². The quantitative estimate of drug-likeness (QED) is 0.161. The average Bonchev–Trinajstić information content (AvgIpc) is 2.71. The van der Waals surface area contributed by atoms with Gasteiger partial charge in [-0.25, -0.2) is 4.99 Å². The lowest BCUT2D eigenvalue weighted by molar-refractivity contribution is 0.0698. The van der Waals surface area contributed by atoms with Crippen molar-refractivity contribution < 1.29 is 14.3 Å². The van der Waals surface area contributed by atoms with E-state index in [1.165, 1.54) is 0 Å². The molecule has 0 aliphatic rings. The van der Waals surface area contributed by atoms with Crippen LogP contribution in [0.2, 0.25) is 0 Å². The Morgan fingerprint density at radius 1 is 1.10 bits per heavy atom. The van der Waals surface area contributed by atoms with Gasteiger partial charge in [-0.1, -0.05) is 19.1 Å². The number of nitrogens with one attached hydrogen (secondary N) is 3. The van der Waals surface area contributed by atoms with Gasteiger partial charge in [0.1, 0.15) is 0 Å². The maximum absolute atomic E-state index is 12.1. The monoisotopic (exact) mass is 520 g/mol. The molecule has 0 spiro atoms. The molecule has 1 aromatic rings. The molecule has 1 aromatic carbocycles. The summed E-state index contributed by atoms with van der Waals surface area (Å²) in [5.74, 6) is 0.741. The van der Waals surface area contributed by atoms with Crippen LogP contribution in [-0.2, 0) is 16.0 Å². The van der Waals surface area contributed by atoms with Crippen molar-refractivity contribution >= 4 is 35.8 Å². The summed E-state index contributed by atoms with van der Waals surface area (Å²) in [6, 6.07) is 7.77. The summed E-state index contributed by atoms with van der Waals surface area (Å²) in [6.07, 6.45) is 1.81. The number of hydrogen-bond acceptors (Lipinski definition) is 4. The highest BCUT2D eigenvalue weighted by Crippen LogP contribution is 2.06. The minimum Gasteiger partial charge on any atom is -0.382 e. The molecule has 1 rings (SSSR count). The number of aliphatic imine (C=N–C) groups is 1. The second kappa shape index (κ2) is 17.5. The van der Waals surface area contributed by atoms with Crippen molar-refractivity contribution in [2.75, 3.05) is 40.0 Å². The predicted octanol–water partition coefficient (Wildman–Crippen LogP) is 2.94. The van der Waals surface area contributed by atoms with Crippen molar-refractivity contribution in [2.24, 2.45) is 4.99 Å². The van der Waals surface area contributed by atoms with Crippen LogP contribution in [0.3, 0.4) is 0 Å². The van der Waals surface area contributed by atoms with E-state index >= 15 is 0 Å². The second-order valence-corrected chi connectivity index (χ2v) is 6.56. The Kier molecular flexibility index (Phi) is 16.6. The number of ether oxygens (including phenoxy) is 2. The Morgan fingerprint density at radius 3 is 2.45 bits per heavy atom. The molecule has 0 radical (unpaired) electrons. The second-order valence-electron chi connectivity index (χ2n) is 6.56. The fourth-order valence-corrected chi connectivity index (χ4v) is 2.31. The van der Waals surface area contributed by atoms with Crippen LogP contribution in [0, 0.1) is 0 Å². The van der Waals surface area contributed by atoms with E-state index in [9.17, 15) is 4.79 Å². The van der Waals surface area contributed by atoms with Crippen LogP contribution >= 0.6 is 24.0 Å². The molecule has 0 aromatic heterocycles. The normalized spacial score (nSPS) is 12.1. The number of guanidine groups is 1. The maximum atomic E-state index is 12.1. The third-order valence-electron chi connectivity index (χ3n) is 4.16. The zero-order valence-electron chi connectivity index (χ0n) is 18.1. The van der Waals surface area contributed by atoms with Crippen LogP contribution in [0.4, 0.5) is 0 Å². The molecule has 7 nitrogen and oxygen atoms in total. The van der Waals surface area contributed by atoms with Crippen molar-refractivity contribution in [3.63, 3.8) is 0 Å². The van der Waals surface area contributed by atoms with E-state index in [0.717, 1.165) is 37.5 Å². The molecule has 1 atom stereocenters. The number of rotatable bonds is 13. The molecule has 1 unspecified atom stereocenters. The number of amides is 1. The van der Waals surface area contributed by atoms with Gasteiger partial charge >= 0.3 is 0 Å². The van der Waals surface area contributed by atoms with E-state index < -0.39 is 0 Å². The molecule has 0 bridgehead atoms. The first kappa shape index (κ1) is 27.6. The van der Waals surface area contributed by atoms with Crippen LogP contribution in [0.25, 0.3) is 0 Å². The van der Waals surface area contributed by atoms with Crippen LogP contribution < -0.4 is 16.0 Å². The highest BCUT2D eigenvalue weighted by atomic mass is 127. The molecule has 0 saturated carbocycles. The van der Waals surface area contributed by atoms with E-state index in [1.807, 2.05) is 38.1 Å². The van der Waals surface area contributed by atoms with E-state index in [-0.39, 0.29) is 35.9 Å². The van der Waals surface area contributed by atoms with Crippen LogP contribution in [-0.4, -0.2) is 57.9 Å². The van der Waals surface area contributed by atoms with Gasteiger partial charge in [-0.2, -0.15) is 0 Å². The molecule has 0 fully saturated rings. The Morgan fingerprint density at radius 2 is 1.83 bits per heavy atom. The standard InChI is InChI=1S/C21H36N4O3.HI/c1-5-17(3)25-20(26)19-10-8-18(9-11-19)16-24-21(22-6-2)23-12-7-13-28-15-14-27-4;/h8-11,17H,5-7,12-16H2,1-4H3,(H,25,26)(H2,22,23,24);1H. The SMILES string of the molecule is CCNC(=NCc1ccc(C(=O)NC(C)CC)cc1)NCCCOCCOC.I. The first-order valence-corrected chi connectivity index (χ1v) is 10.1. The summed E-state index contributed by atoms with van der Waals surface area (Å²) in [5.41, 5.74) is 1.73. The lowest BCUT2D eigenvalue weighted by atomic mass is 10.1. The lowest BCUT2D eigenvalue weighted by Crippen LogP contribution is -2.38. The first-order valence-electron chi connectivity index (χ1n) is 10.1. The van der Waals surface area contributed by atoms with Crippen molar-refractivity contribution in [3.05, 3.63) is 35.4 Å². The average molecular weight is 520 g/mol. The maximum Gasteiger partial charge on any atom is 0.251 e. The molecule has 29 heavy (non-hydrogen) atoms. The third-order valence-corrected chi connectivity index (χ3v) is 4.16. The summed E-state index contributed by atoms with van der Waals surface area (Å²) in [6.45, 7) is 10.2. The lowest BCUT2D eigenvalue weighted by Gasteiger charge is -2.12. The van der Waals surface area contributed by atoms with Gasteiger partial charge in [-0.15, -0.1) is 24.0 Å². The van der Waals surface area contributed by atoms with Crippen molar-refractivity contribution in [1.82, 2.24) is 16.0 Å². The molecule has 3 N–H and O–H groups in total. The first-order chi connectivity index (χ1) is 13.6. The van der Waals surface area contributed by atoms with Gasteiger partial charge < -0.3 is 25.4 Å². The van der Waals surface area contributed by atoms with E-state index in [1.54, 1.807) is 7.11 Å². The molecular formula is C21H37IN4O3. The summed E-state index contributed by atoms with van der Waals surface area (Å²) >= 11 is 0. The van der Waals surface area contributed by atoms with Gasteiger partial charge in [0.15, 0.2) is 5.96 Å². The largest absolute Gasteiger partial charge is 0.382 e. The minimum atomic E-state index is -0.0351. The Balaban J connectivity index is 0.00000784. The zero-order valence-corrected chi connectivity index (χ0v) is 20.5. The summed E-state index contributed by atoms with van der Waals surface area (Å²) in [7, 11) is 1.67. The third kappa shape index (κ3) is 12.7. The van der Waals surface area contributed by atoms with Gasteiger partial charge in [-0.05, 0) is 44.4 Å². The molecular weight excluding hydrogens is 483 g/mol. The van der Waals surface area contributed by atoms with Crippen molar-refractivity contribution in [2.45, 2.75) is 46.2 Å². The van der Waals surface area contributed by atoms with Crippen LogP contribution in [0.5, 0.6) is 0 Å². The summed E-state index contributed by atoms with van der Waals surface area (Å²) in [5, 5.41) is 9.51. The number of carbonyl (C=O) groups is 1. The molecule has 0 saturated heterocycles. The molecule has 0 aliphatic heterocycles. The number of methoxy groups -OCH3 is 1. The van der Waals surface area contributed by atoms with Crippen LogP contribution in [0.15, 0.2) is 29.3 Å². The Bertz CT molecular complexity index is 582. The summed E-state index contributed by atoms with van der Waals surface area (Å²) in [4.78, 5) is 16.7. The van der Waals surface area contributed by atoms with Gasteiger partial charge in [0.25, 0.3) is 5.91 Å². The highest BCUT2D eigenvalue weighted by Gasteiger charge is 2.08. The molecule has 1 amide bonds. The predicted molar refractivity (Wildman–Crippen MR) is 129 cm³/mol. The van der Waals surface area contributed by atoms with E-state index in [0.29, 0.717) is 31.9 Å². The number of hydrogen-bond donors (Lipinski definition) is 3.